The van der Waals surface area contributed by atoms with Gasteiger partial charge in [-0.15, -0.1) is 0 Å². The predicted molar refractivity (Wildman–Crippen MR) is 72.3 cm³/mol. The van der Waals surface area contributed by atoms with E-state index in [0.29, 0.717) is 11.3 Å². The van der Waals surface area contributed by atoms with Crippen LogP contribution in [0.15, 0.2) is 36.5 Å². The van der Waals surface area contributed by atoms with Crippen LogP contribution in [0.25, 0.3) is 0 Å². The second-order valence-electron chi connectivity index (χ2n) is 4.24. The zero-order valence-electron chi connectivity index (χ0n) is 10.8. The van der Waals surface area contributed by atoms with Crippen molar-refractivity contribution in [3.63, 3.8) is 0 Å². The van der Waals surface area contributed by atoms with E-state index >= 15 is 0 Å². The molecule has 0 spiro atoms. The SMILES string of the molecule is Cc1nc(CCc2ccccc2)ncc1C(=O)NN. The minimum Gasteiger partial charge on any atom is -0.290 e. The summed E-state index contributed by atoms with van der Waals surface area (Å²) >= 11 is 0. The molecule has 0 aliphatic carbocycles. The molecular formula is C14H16N4O. The lowest BCUT2D eigenvalue weighted by Crippen LogP contribution is -2.31. The first-order valence-corrected chi connectivity index (χ1v) is 6.08. The number of carbonyl (C=O) groups excluding carboxylic acids is 1. The van der Waals surface area contributed by atoms with E-state index in [-0.39, 0.29) is 5.91 Å². The molecule has 1 aromatic carbocycles. The number of nitrogens with one attached hydrogen (secondary N) is 1. The molecule has 0 saturated heterocycles. The molecule has 5 heteroatoms. The molecule has 0 radical (unpaired) electrons. The van der Waals surface area contributed by atoms with Crippen molar-refractivity contribution in [2.45, 2.75) is 19.8 Å². The molecule has 1 amide bonds. The molecule has 0 saturated carbocycles. The number of nitrogens with two attached hydrogens (primary N) is 1. The lowest BCUT2D eigenvalue weighted by Gasteiger charge is -2.05. The van der Waals surface area contributed by atoms with Gasteiger partial charge in [-0.05, 0) is 18.9 Å². The smallest absolute Gasteiger partial charge is 0.268 e. The van der Waals surface area contributed by atoms with Crippen molar-refractivity contribution in [3.05, 3.63) is 59.2 Å². The van der Waals surface area contributed by atoms with Crippen LogP contribution < -0.4 is 11.3 Å². The molecule has 5 nitrogen and oxygen atoms in total. The number of amides is 1. The third-order valence-corrected chi connectivity index (χ3v) is 2.89. The Hall–Kier alpha value is -2.27. The maximum absolute atomic E-state index is 11.4. The van der Waals surface area contributed by atoms with Gasteiger partial charge in [-0.2, -0.15) is 0 Å². The third kappa shape index (κ3) is 3.35. The number of carbonyl (C=O) groups is 1. The third-order valence-electron chi connectivity index (χ3n) is 2.89. The highest BCUT2D eigenvalue weighted by Crippen LogP contribution is 2.07. The molecule has 3 N–H and O–H groups in total. The highest BCUT2D eigenvalue weighted by molar-refractivity contribution is 5.94. The maximum Gasteiger partial charge on any atom is 0.268 e. The van der Waals surface area contributed by atoms with Crippen molar-refractivity contribution in [2.75, 3.05) is 0 Å². The van der Waals surface area contributed by atoms with Gasteiger partial charge in [0.1, 0.15) is 5.82 Å². The van der Waals surface area contributed by atoms with Crippen LogP contribution in [0.4, 0.5) is 0 Å². The second kappa shape index (κ2) is 6.06. The number of benzene rings is 1. The number of nitrogens with zero attached hydrogens (tertiary/aromatic N) is 2. The Morgan fingerprint density at radius 3 is 2.63 bits per heavy atom. The fourth-order valence-corrected chi connectivity index (χ4v) is 1.84. The molecule has 1 aromatic heterocycles. The second-order valence-corrected chi connectivity index (χ2v) is 4.24. The Balaban J connectivity index is 2.06. The number of rotatable bonds is 4. The normalized spacial score (nSPS) is 10.2. The van der Waals surface area contributed by atoms with Crippen LogP contribution >= 0.6 is 0 Å². The van der Waals surface area contributed by atoms with Gasteiger partial charge in [-0.25, -0.2) is 15.8 Å². The molecule has 0 fully saturated rings. The van der Waals surface area contributed by atoms with Crippen LogP contribution in [0.1, 0.15) is 27.4 Å². The summed E-state index contributed by atoms with van der Waals surface area (Å²) in [7, 11) is 0. The average Bonchev–Trinajstić information content (AvgIpc) is 2.45. The molecule has 0 atom stereocenters. The van der Waals surface area contributed by atoms with Gasteiger partial charge in [-0.1, -0.05) is 30.3 Å². The van der Waals surface area contributed by atoms with Crippen molar-refractivity contribution in [1.82, 2.24) is 15.4 Å². The first-order valence-electron chi connectivity index (χ1n) is 6.08. The summed E-state index contributed by atoms with van der Waals surface area (Å²) in [6, 6.07) is 10.2. The van der Waals surface area contributed by atoms with Gasteiger partial charge in [0.05, 0.1) is 11.3 Å². The molecule has 98 valence electrons. The molecule has 19 heavy (non-hydrogen) atoms. The van der Waals surface area contributed by atoms with E-state index in [1.165, 1.54) is 11.8 Å². The monoisotopic (exact) mass is 256 g/mol. The van der Waals surface area contributed by atoms with Gasteiger partial charge in [-0.3, -0.25) is 10.2 Å². The molecule has 1 heterocycles. The van der Waals surface area contributed by atoms with Gasteiger partial charge in [0, 0.05) is 12.6 Å². The first-order chi connectivity index (χ1) is 9.20. The Morgan fingerprint density at radius 2 is 2.00 bits per heavy atom. The zero-order valence-corrected chi connectivity index (χ0v) is 10.8. The lowest BCUT2D eigenvalue weighted by molar-refractivity contribution is 0.0952. The number of hydrazine groups is 1. The number of aryl methyl sites for hydroxylation is 3. The van der Waals surface area contributed by atoms with Crippen molar-refractivity contribution < 1.29 is 4.79 Å². The molecule has 0 aliphatic heterocycles. The van der Waals surface area contributed by atoms with E-state index in [1.54, 1.807) is 6.92 Å². The van der Waals surface area contributed by atoms with Crippen LogP contribution in [0.3, 0.4) is 0 Å². The molecule has 0 aliphatic rings. The summed E-state index contributed by atoms with van der Waals surface area (Å²) in [5, 5.41) is 0. The number of nitrogen functional groups attached to an aromatic ring is 1. The largest absolute Gasteiger partial charge is 0.290 e. The van der Waals surface area contributed by atoms with Crippen LogP contribution in [-0.4, -0.2) is 15.9 Å². The van der Waals surface area contributed by atoms with E-state index in [4.69, 9.17) is 5.84 Å². The van der Waals surface area contributed by atoms with Gasteiger partial charge in [0.2, 0.25) is 0 Å². The summed E-state index contributed by atoms with van der Waals surface area (Å²) in [6.45, 7) is 1.78. The Bertz CT molecular complexity index is 569. The first kappa shape index (κ1) is 13.2. The van der Waals surface area contributed by atoms with Crippen molar-refractivity contribution in [2.24, 2.45) is 5.84 Å². The highest BCUT2D eigenvalue weighted by atomic mass is 16.2. The van der Waals surface area contributed by atoms with Gasteiger partial charge in [0.25, 0.3) is 5.91 Å². The predicted octanol–water partition coefficient (Wildman–Crippen LogP) is 1.17. The highest BCUT2D eigenvalue weighted by Gasteiger charge is 2.10. The molecular weight excluding hydrogens is 240 g/mol. The maximum atomic E-state index is 11.4. The van der Waals surface area contributed by atoms with Gasteiger partial charge >= 0.3 is 0 Å². The zero-order chi connectivity index (χ0) is 13.7. The Labute approximate surface area is 111 Å². The quantitative estimate of drug-likeness (QED) is 0.489. The molecule has 0 unspecified atom stereocenters. The van der Waals surface area contributed by atoms with Crippen LogP contribution in [0, 0.1) is 6.92 Å². The van der Waals surface area contributed by atoms with Crippen molar-refractivity contribution >= 4 is 5.91 Å². The topological polar surface area (TPSA) is 80.9 Å². The van der Waals surface area contributed by atoms with Crippen LogP contribution in [0.2, 0.25) is 0 Å². The van der Waals surface area contributed by atoms with E-state index < -0.39 is 0 Å². The lowest BCUT2D eigenvalue weighted by atomic mass is 10.1. The molecule has 0 bridgehead atoms. The fourth-order valence-electron chi connectivity index (χ4n) is 1.84. The van der Waals surface area contributed by atoms with Crippen LogP contribution in [0.5, 0.6) is 0 Å². The van der Waals surface area contributed by atoms with E-state index in [2.05, 4.69) is 27.5 Å². The number of aromatic nitrogens is 2. The van der Waals surface area contributed by atoms with Crippen molar-refractivity contribution in [1.29, 1.82) is 0 Å². The standard InChI is InChI=1S/C14H16N4O/c1-10-12(14(19)18-15)9-16-13(17-10)8-7-11-5-3-2-4-6-11/h2-6,9H,7-8,15H2,1H3,(H,18,19). The molecule has 2 aromatic rings. The van der Waals surface area contributed by atoms with Crippen molar-refractivity contribution in [3.8, 4) is 0 Å². The van der Waals surface area contributed by atoms with E-state index in [0.717, 1.165) is 18.7 Å². The summed E-state index contributed by atoms with van der Waals surface area (Å²) in [5.74, 6) is 5.45. The molecule has 2 rings (SSSR count). The summed E-state index contributed by atoms with van der Waals surface area (Å²) in [6.07, 6.45) is 3.14. The minimum absolute atomic E-state index is 0.368. The average molecular weight is 256 g/mol. The fraction of sp³-hybridized carbons (Fsp3) is 0.214. The summed E-state index contributed by atoms with van der Waals surface area (Å²) < 4.78 is 0. The Kier molecular flexibility index (Phi) is 4.20. The van der Waals surface area contributed by atoms with E-state index in [9.17, 15) is 4.79 Å². The Morgan fingerprint density at radius 1 is 1.26 bits per heavy atom. The minimum atomic E-state index is -0.368. The van der Waals surface area contributed by atoms with Crippen LogP contribution in [-0.2, 0) is 12.8 Å². The van der Waals surface area contributed by atoms with Gasteiger partial charge < -0.3 is 0 Å². The summed E-state index contributed by atoms with van der Waals surface area (Å²) in [4.78, 5) is 19.9. The van der Waals surface area contributed by atoms with E-state index in [1.807, 2.05) is 18.2 Å². The number of hydrogen-bond acceptors (Lipinski definition) is 4. The van der Waals surface area contributed by atoms with Gasteiger partial charge in [0.15, 0.2) is 0 Å². The summed E-state index contributed by atoms with van der Waals surface area (Å²) in [5.41, 5.74) is 4.37. The number of hydrogen-bond donors (Lipinski definition) is 2.